The minimum absolute atomic E-state index is 0. The Morgan fingerprint density at radius 3 is 2.68 bits per heavy atom. The van der Waals surface area contributed by atoms with Crippen LogP contribution >= 0.6 is 24.0 Å². The van der Waals surface area contributed by atoms with Crippen molar-refractivity contribution in [3.63, 3.8) is 0 Å². The molecule has 2 aliphatic heterocycles. The van der Waals surface area contributed by atoms with E-state index in [-0.39, 0.29) is 24.0 Å². The average Bonchev–Trinajstić information content (AvgIpc) is 3.08. The third-order valence-electron chi connectivity index (χ3n) is 4.00. The number of nitrogens with two attached hydrogens (primary N) is 1. The molecule has 7 heteroatoms. The number of hydrogen-bond acceptors (Lipinski definition) is 4. The predicted octanol–water partition coefficient (Wildman–Crippen LogP) is 1.45. The fourth-order valence-electron chi connectivity index (χ4n) is 2.74. The molecule has 22 heavy (non-hydrogen) atoms. The average molecular weight is 417 g/mol. The van der Waals surface area contributed by atoms with Gasteiger partial charge in [0.05, 0.1) is 19.8 Å². The summed E-state index contributed by atoms with van der Waals surface area (Å²) in [5.41, 5.74) is 7.21. The lowest BCUT2D eigenvalue weighted by Gasteiger charge is -2.27. The zero-order valence-electron chi connectivity index (χ0n) is 12.8. The molecule has 1 aromatic heterocycles. The molecule has 3 rings (SSSR count). The second-order valence-electron chi connectivity index (χ2n) is 5.49. The van der Waals surface area contributed by atoms with Gasteiger partial charge in [-0.25, -0.2) is 9.98 Å². The van der Waals surface area contributed by atoms with Crippen LogP contribution in [0.3, 0.4) is 0 Å². The highest BCUT2D eigenvalue weighted by Gasteiger charge is 2.14. The normalized spacial score (nSPS) is 19.2. The van der Waals surface area contributed by atoms with Crippen molar-refractivity contribution < 1.29 is 4.74 Å². The van der Waals surface area contributed by atoms with Crippen LogP contribution in [0, 0.1) is 0 Å². The van der Waals surface area contributed by atoms with Gasteiger partial charge in [-0.2, -0.15) is 0 Å². The minimum atomic E-state index is 0. The van der Waals surface area contributed by atoms with E-state index >= 15 is 0 Å². The van der Waals surface area contributed by atoms with Crippen molar-refractivity contribution in [1.29, 1.82) is 0 Å². The molecule has 122 valence electrons. The van der Waals surface area contributed by atoms with Crippen molar-refractivity contribution in [2.24, 2.45) is 10.7 Å². The van der Waals surface area contributed by atoms with Crippen LogP contribution in [-0.4, -0.2) is 55.2 Å². The van der Waals surface area contributed by atoms with Gasteiger partial charge in [-0.1, -0.05) is 0 Å². The van der Waals surface area contributed by atoms with Gasteiger partial charge in [0.1, 0.15) is 5.82 Å². The molecule has 0 aliphatic carbocycles. The number of rotatable bonds is 3. The fourth-order valence-corrected chi connectivity index (χ4v) is 2.74. The van der Waals surface area contributed by atoms with Gasteiger partial charge in [-0.3, -0.25) is 0 Å². The molecule has 0 amide bonds. The van der Waals surface area contributed by atoms with Gasteiger partial charge in [0.25, 0.3) is 0 Å². The number of aromatic nitrogens is 1. The Balaban J connectivity index is 0.00000176. The van der Waals surface area contributed by atoms with Gasteiger partial charge >= 0.3 is 0 Å². The molecule has 2 saturated heterocycles. The number of guanidine groups is 1. The molecule has 2 N–H and O–H groups in total. The van der Waals surface area contributed by atoms with Crippen LogP contribution in [0.2, 0.25) is 0 Å². The van der Waals surface area contributed by atoms with Crippen molar-refractivity contribution in [3.05, 3.63) is 23.9 Å². The number of morpholine rings is 1. The van der Waals surface area contributed by atoms with Gasteiger partial charge in [0.2, 0.25) is 0 Å². The molecule has 2 fully saturated rings. The van der Waals surface area contributed by atoms with E-state index in [1.54, 1.807) is 0 Å². The van der Waals surface area contributed by atoms with Crippen molar-refractivity contribution in [3.8, 4) is 0 Å². The van der Waals surface area contributed by atoms with Gasteiger partial charge in [0, 0.05) is 32.4 Å². The molecule has 1 aromatic rings. The summed E-state index contributed by atoms with van der Waals surface area (Å²) in [4.78, 5) is 13.4. The number of halogens is 1. The Bertz CT molecular complexity index is 498. The minimum Gasteiger partial charge on any atom is -0.378 e. The van der Waals surface area contributed by atoms with Crippen LogP contribution in [-0.2, 0) is 11.3 Å². The second kappa shape index (κ2) is 8.52. The third-order valence-corrected chi connectivity index (χ3v) is 4.00. The summed E-state index contributed by atoms with van der Waals surface area (Å²) in [6, 6.07) is 4.14. The summed E-state index contributed by atoms with van der Waals surface area (Å²) in [7, 11) is 0. The Kier molecular flexibility index (Phi) is 6.69. The summed E-state index contributed by atoms with van der Waals surface area (Å²) < 4.78 is 5.32. The first-order chi connectivity index (χ1) is 10.3. The summed E-state index contributed by atoms with van der Waals surface area (Å²) in [5, 5.41) is 0. The van der Waals surface area contributed by atoms with Crippen LogP contribution in [0.4, 0.5) is 5.82 Å². The van der Waals surface area contributed by atoms with E-state index in [2.05, 4.69) is 25.8 Å². The topological polar surface area (TPSA) is 67.0 Å². The van der Waals surface area contributed by atoms with Crippen LogP contribution in [0.15, 0.2) is 23.3 Å². The number of hydrogen-bond donors (Lipinski definition) is 1. The lowest BCUT2D eigenvalue weighted by atomic mass is 10.2. The molecular weight excluding hydrogens is 393 g/mol. The smallest absolute Gasteiger partial charge is 0.191 e. The van der Waals surface area contributed by atoms with E-state index in [9.17, 15) is 0 Å². The number of aliphatic imine (C=N–C) groups is 1. The van der Waals surface area contributed by atoms with Crippen LogP contribution in [0.1, 0.15) is 18.4 Å². The van der Waals surface area contributed by atoms with E-state index in [0.29, 0.717) is 12.5 Å². The van der Waals surface area contributed by atoms with E-state index in [0.717, 1.165) is 50.8 Å². The Labute approximate surface area is 148 Å². The zero-order chi connectivity index (χ0) is 14.5. The van der Waals surface area contributed by atoms with Crippen molar-refractivity contribution in [1.82, 2.24) is 9.88 Å². The van der Waals surface area contributed by atoms with Gasteiger partial charge in [-0.05, 0) is 30.5 Å². The van der Waals surface area contributed by atoms with Crippen LogP contribution in [0.25, 0.3) is 0 Å². The Morgan fingerprint density at radius 2 is 1.95 bits per heavy atom. The van der Waals surface area contributed by atoms with Gasteiger partial charge in [0.15, 0.2) is 5.96 Å². The lowest BCUT2D eigenvalue weighted by Crippen LogP contribution is -2.44. The van der Waals surface area contributed by atoms with Gasteiger partial charge < -0.3 is 20.3 Å². The number of ether oxygens (including phenoxy) is 1. The van der Waals surface area contributed by atoms with Crippen LogP contribution in [0.5, 0.6) is 0 Å². The molecule has 0 bridgehead atoms. The van der Waals surface area contributed by atoms with Crippen molar-refractivity contribution in [2.75, 3.05) is 44.3 Å². The van der Waals surface area contributed by atoms with Gasteiger partial charge in [-0.15, -0.1) is 24.0 Å². The number of anilines is 1. The maximum absolute atomic E-state index is 6.05. The quantitative estimate of drug-likeness (QED) is 0.458. The highest BCUT2D eigenvalue weighted by molar-refractivity contribution is 14.0. The Hall–Kier alpha value is -1.09. The zero-order valence-corrected chi connectivity index (χ0v) is 15.1. The molecule has 0 saturated carbocycles. The molecule has 3 heterocycles. The van der Waals surface area contributed by atoms with E-state index in [4.69, 9.17) is 10.5 Å². The second-order valence-corrected chi connectivity index (χ2v) is 5.49. The molecule has 0 unspecified atom stereocenters. The van der Waals surface area contributed by atoms with E-state index < -0.39 is 0 Å². The SMILES string of the molecule is I.NC(=NCc1ccnc(N2CCCC2)c1)N1CCOCC1. The van der Waals surface area contributed by atoms with Crippen LogP contribution < -0.4 is 10.6 Å². The number of nitrogens with zero attached hydrogens (tertiary/aromatic N) is 4. The summed E-state index contributed by atoms with van der Waals surface area (Å²) >= 11 is 0. The summed E-state index contributed by atoms with van der Waals surface area (Å²) in [6.07, 6.45) is 4.38. The van der Waals surface area contributed by atoms with Crippen molar-refractivity contribution in [2.45, 2.75) is 19.4 Å². The first-order valence-corrected chi connectivity index (χ1v) is 7.65. The third kappa shape index (κ3) is 4.45. The molecule has 0 aromatic carbocycles. The first-order valence-electron chi connectivity index (χ1n) is 7.65. The van der Waals surface area contributed by atoms with Crippen molar-refractivity contribution >= 4 is 35.8 Å². The number of pyridine rings is 1. The monoisotopic (exact) mass is 417 g/mol. The molecule has 0 atom stereocenters. The molecular formula is C15H24IN5O. The largest absolute Gasteiger partial charge is 0.378 e. The highest BCUT2D eigenvalue weighted by atomic mass is 127. The maximum atomic E-state index is 6.05. The predicted molar refractivity (Wildman–Crippen MR) is 98.8 cm³/mol. The lowest BCUT2D eigenvalue weighted by molar-refractivity contribution is 0.0674. The van der Waals surface area contributed by atoms with E-state index in [1.807, 2.05) is 12.3 Å². The molecule has 0 spiro atoms. The first kappa shape index (κ1) is 17.3. The summed E-state index contributed by atoms with van der Waals surface area (Å²) in [6.45, 7) is 5.92. The van der Waals surface area contributed by atoms with E-state index in [1.165, 1.54) is 12.8 Å². The summed E-state index contributed by atoms with van der Waals surface area (Å²) in [5.74, 6) is 1.67. The molecule has 0 radical (unpaired) electrons. The standard InChI is InChI=1S/C15H23N5O.HI/c16-15(20-7-9-21-10-8-20)18-12-13-3-4-17-14(11-13)19-5-1-2-6-19;/h3-4,11H,1-2,5-10,12H2,(H2,16,18);1H. The molecule has 2 aliphatic rings. The highest BCUT2D eigenvalue weighted by Crippen LogP contribution is 2.18. The fraction of sp³-hybridized carbons (Fsp3) is 0.600. The Morgan fingerprint density at radius 1 is 1.23 bits per heavy atom. The maximum Gasteiger partial charge on any atom is 0.191 e. The molecule has 6 nitrogen and oxygen atoms in total.